The molecule has 0 saturated heterocycles. The van der Waals surface area contributed by atoms with Crippen molar-refractivity contribution in [2.75, 3.05) is 0 Å². The van der Waals surface area contributed by atoms with Crippen molar-refractivity contribution < 1.29 is 4.79 Å². The Morgan fingerprint density at radius 1 is 1.29 bits per heavy atom. The van der Waals surface area contributed by atoms with Gasteiger partial charge in [0.15, 0.2) is 0 Å². The van der Waals surface area contributed by atoms with Gasteiger partial charge in [-0.25, -0.2) is 0 Å². The molecule has 0 amide bonds. The number of hydrogen-bond donors (Lipinski definition) is 0. The Labute approximate surface area is 93.7 Å². The van der Waals surface area contributed by atoms with Crippen molar-refractivity contribution in [2.24, 2.45) is 0 Å². The molecule has 0 spiro atoms. The molecule has 0 aliphatic rings. The summed E-state index contributed by atoms with van der Waals surface area (Å²) in [5, 5.41) is 0. The molecule has 1 nitrogen and oxygen atoms in total. The maximum Gasteiger partial charge on any atom is 0.150 e. The molecule has 76 valence electrons. The molecule has 0 fully saturated rings. The lowest BCUT2D eigenvalue weighted by atomic mass is 9.85. The highest BCUT2D eigenvalue weighted by Gasteiger charge is 2.16. The molecule has 1 aromatic rings. The first-order valence-corrected chi connectivity index (χ1v) is 5.41. The third-order valence-corrected chi connectivity index (χ3v) is 3.20. The molecule has 0 aromatic heterocycles. The maximum absolute atomic E-state index is 10.8. The Morgan fingerprint density at radius 3 is 2.29 bits per heavy atom. The third kappa shape index (κ3) is 2.24. The van der Waals surface area contributed by atoms with Crippen molar-refractivity contribution in [3.8, 4) is 0 Å². The Morgan fingerprint density at radius 2 is 1.86 bits per heavy atom. The van der Waals surface area contributed by atoms with Gasteiger partial charge in [0.05, 0.1) is 0 Å². The second-order valence-electron chi connectivity index (χ2n) is 4.54. The third-order valence-electron chi connectivity index (χ3n) is 2.38. The zero-order valence-electron chi connectivity index (χ0n) is 9.02. The maximum atomic E-state index is 10.8. The number of benzene rings is 1. The topological polar surface area (TPSA) is 17.1 Å². The van der Waals surface area contributed by atoms with E-state index in [1.165, 1.54) is 5.56 Å². The molecule has 14 heavy (non-hydrogen) atoms. The SMILES string of the molecule is Cc1c(Br)cc(C(C)(C)C)cc1C=O. The monoisotopic (exact) mass is 254 g/mol. The van der Waals surface area contributed by atoms with E-state index in [0.717, 1.165) is 21.9 Å². The van der Waals surface area contributed by atoms with Crippen molar-refractivity contribution in [2.45, 2.75) is 33.1 Å². The Kier molecular flexibility index (Phi) is 3.15. The molecule has 0 bridgehead atoms. The summed E-state index contributed by atoms with van der Waals surface area (Å²) in [7, 11) is 0. The fourth-order valence-electron chi connectivity index (χ4n) is 1.26. The van der Waals surface area contributed by atoms with Gasteiger partial charge in [0.25, 0.3) is 0 Å². The summed E-state index contributed by atoms with van der Waals surface area (Å²) in [5.74, 6) is 0. The summed E-state index contributed by atoms with van der Waals surface area (Å²) >= 11 is 3.47. The summed E-state index contributed by atoms with van der Waals surface area (Å²) in [6.45, 7) is 8.36. The van der Waals surface area contributed by atoms with Crippen LogP contribution in [-0.2, 0) is 5.41 Å². The van der Waals surface area contributed by atoms with Crippen LogP contribution in [0.4, 0.5) is 0 Å². The van der Waals surface area contributed by atoms with Gasteiger partial charge in [0.2, 0.25) is 0 Å². The normalized spacial score (nSPS) is 11.5. The highest BCUT2D eigenvalue weighted by molar-refractivity contribution is 9.10. The lowest BCUT2D eigenvalue weighted by molar-refractivity contribution is 0.112. The van der Waals surface area contributed by atoms with Crippen molar-refractivity contribution >= 4 is 22.2 Å². The van der Waals surface area contributed by atoms with Crippen LogP contribution in [0.3, 0.4) is 0 Å². The van der Waals surface area contributed by atoms with Crippen molar-refractivity contribution in [3.63, 3.8) is 0 Å². The van der Waals surface area contributed by atoms with Crippen molar-refractivity contribution in [1.29, 1.82) is 0 Å². The molecule has 0 aliphatic heterocycles. The molecule has 1 aromatic carbocycles. The van der Waals surface area contributed by atoms with Gasteiger partial charge in [-0.15, -0.1) is 0 Å². The van der Waals surface area contributed by atoms with Crippen LogP contribution in [0.2, 0.25) is 0 Å². The van der Waals surface area contributed by atoms with Gasteiger partial charge in [-0.2, -0.15) is 0 Å². The minimum atomic E-state index is 0.0774. The molecular formula is C12H15BrO. The van der Waals surface area contributed by atoms with E-state index in [2.05, 4.69) is 42.8 Å². The first-order chi connectivity index (χ1) is 6.36. The fourth-order valence-corrected chi connectivity index (χ4v) is 1.73. The lowest BCUT2D eigenvalue weighted by Gasteiger charge is -2.20. The number of carbonyl (C=O) groups excluding carboxylic acids is 1. The predicted octanol–water partition coefficient (Wildman–Crippen LogP) is 3.87. The zero-order chi connectivity index (χ0) is 10.9. The van der Waals surface area contributed by atoms with Gasteiger partial charge in [-0.05, 0) is 35.6 Å². The Hall–Kier alpha value is -0.630. The summed E-state index contributed by atoms with van der Waals surface area (Å²) in [6.07, 6.45) is 0.912. The highest BCUT2D eigenvalue weighted by Crippen LogP contribution is 2.28. The Balaban J connectivity index is 3.37. The summed E-state index contributed by atoms with van der Waals surface area (Å²) in [4.78, 5) is 10.8. The van der Waals surface area contributed by atoms with Crippen LogP contribution >= 0.6 is 15.9 Å². The van der Waals surface area contributed by atoms with E-state index < -0.39 is 0 Å². The number of rotatable bonds is 1. The first kappa shape index (κ1) is 11.4. The van der Waals surface area contributed by atoms with Crippen LogP contribution in [0.25, 0.3) is 0 Å². The standard InChI is InChI=1S/C12H15BrO/c1-8-9(7-14)5-10(6-11(8)13)12(2,3)4/h5-7H,1-4H3. The second-order valence-corrected chi connectivity index (χ2v) is 5.39. The van der Waals surface area contributed by atoms with Crippen molar-refractivity contribution in [1.82, 2.24) is 0 Å². The van der Waals surface area contributed by atoms with Crippen molar-refractivity contribution in [3.05, 3.63) is 33.3 Å². The number of hydrogen-bond acceptors (Lipinski definition) is 1. The fraction of sp³-hybridized carbons (Fsp3) is 0.417. The number of aldehydes is 1. The smallest absolute Gasteiger partial charge is 0.150 e. The number of halogens is 1. The van der Waals surface area contributed by atoms with Crippen LogP contribution in [0.15, 0.2) is 16.6 Å². The summed E-state index contributed by atoms with van der Waals surface area (Å²) in [5.41, 5.74) is 3.03. The van der Waals surface area contributed by atoms with Crippen LogP contribution in [0, 0.1) is 6.92 Å². The lowest BCUT2D eigenvalue weighted by Crippen LogP contribution is -2.12. The molecule has 2 heteroatoms. The van der Waals surface area contributed by atoms with Gasteiger partial charge in [-0.1, -0.05) is 36.7 Å². The zero-order valence-corrected chi connectivity index (χ0v) is 10.6. The van der Waals surface area contributed by atoms with E-state index in [1.54, 1.807) is 0 Å². The van der Waals surface area contributed by atoms with Crippen LogP contribution in [0.1, 0.15) is 42.3 Å². The van der Waals surface area contributed by atoms with E-state index in [-0.39, 0.29) is 5.41 Å². The van der Waals surface area contributed by atoms with Gasteiger partial charge in [0.1, 0.15) is 6.29 Å². The van der Waals surface area contributed by atoms with Gasteiger partial charge < -0.3 is 0 Å². The van der Waals surface area contributed by atoms with E-state index in [4.69, 9.17) is 0 Å². The van der Waals surface area contributed by atoms with E-state index in [9.17, 15) is 4.79 Å². The van der Waals surface area contributed by atoms with Crippen LogP contribution in [0.5, 0.6) is 0 Å². The summed E-state index contributed by atoms with van der Waals surface area (Å²) in [6, 6.07) is 4.05. The largest absolute Gasteiger partial charge is 0.298 e. The molecule has 1 rings (SSSR count). The van der Waals surface area contributed by atoms with Gasteiger partial charge in [0, 0.05) is 10.0 Å². The predicted molar refractivity (Wildman–Crippen MR) is 63.0 cm³/mol. The minimum Gasteiger partial charge on any atom is -0.298 e. The molecule has 0 aliphatic carbocycles. The molecule has 0 unspecified atom stereocenters. The van der Waals surface area contributed by atoms with Gasteiger partial charge in [-0.3, -0.25) is 4.79 Å². The quantitative estimate of drug-likeness (QED) is 0.696. The molecular weight excluding hydrogens is 240 g/mol. The number of carbonyl (C=O) groups is 1. The highest BCUT2D eigenvalue weighted by atomic mass is 79.9. The van der Waals surface area contributed by atoms with E-state index >= 15 is 0 Å². The minimum absolute atomic E-state index is 0.0774. The molecule has 0 radical (unpaired) electrons. The average Bonchev–Trinajstić information content (AvgIpc) is 2.07. The summed E-state index contributed by atoms with van der Waals surface area (Å²) < 4.78 is 1.01. The first-order valence-electron chi connectivity index (χ1n) is 4.62. The molecule has 0 saturated carbocycles. The average molecular weight is 255 g/mol. The Bertz CT molecular complexity index is 361. The van der Waals surface area contributed by atoms with Gasteiger partial charge >= 0.3 is 0 Å². The second kappa shape index (κ2) is 3.85. The van der Waals surface area contributed by atoms with E-state index in [1.807, 2.05) is 13.0 Å². The van der Waals surface area contributed by atoms with Crippen LogP contribution in [-0.4, -0.2) is 6.29 Å². The molecule has 0 N–H and O–H groups in total. The van der Waals surface area contributed by atoms with Crippen LogP contribution < -0.4 is 0 Å². The van der Waals surface area contributed by atoms with E-state index in [0.29, 0.717) is 0 Å². The molecule has 0 atom stereocenters. The molecule has 0 heterocycles.